The first kappa shape index (κ1) is 18.0. The van der Waals surface area contributed by atoms with Gasteiger partial charge in [-0.1, -0.05) is 27.7 Å². The topological polar surface area (TPSA) is 68.2 Å². The molecule has 0 bridgehead atoms. The van der Waals surface area contributed by atoms with E-state index in [0.29, 0.717) is 18.8 Å². The number of nitrogens with zero attached hydrogens (tertiary/aromatic N) is 1. The second-order valence-corrected chi connectivity index (χ2v) is 8.82. The first-order valence-electron chi connectivity index (χ1n) is 6.97. The van der Waals surface area contributed by atoms with Crippen LogP contribution in [0.2, 0.25) is 0 Å². The quantitative estimate of drug-likeness (QED) is 0.813. The standard InChI is InChI=1S/C14H23ClN2O3S/c1-5-8-17-10-11(21(15,19)20)9-12(17)13(18)16-7-6-14(2,3)4/h9-10H,5-8H2,1-4H3,(H,16,18). The van der Waals surface area contributed by atoms with Crippen molar-refractivity contribution >= 4 is 25.6 Å². The van der Waals surface area contributed by atoms with Crippen LogP contribution in [0.3, 0.4) is 0 Å². The fourth-order valence-electron chi connectivity index (χ4n) is 1.87. The van der Waals surface area contributed by atoms with Crippen molar-refractivity contribution in [1.82, 2.24) is 9.88 Å². The van der Waals surface area contributed by atoms with Crippen molar-refractivity contribution in [3.63, 3.8) is 0 Å². The third-order valence-electron chi connectivity index (χ3n) is 3.01. The van der Waals surface area contributed by atoms with E-state index in [0.717, 1.165) is 12.8 Å². The molecule has 5 nitrogen and oxygen atoms in total. The Morgan fingerprint density at radius 2 is 2.00 bits per heavy atom. The Balaban J connectivity index is 2.89. The molecule has 120 valence electrons. The molecule has 7 heteroatoms. The van der Waals surface area contributed by atoms with Crippen LogP contribution in [0.15, 0.2) is 17.2 Å². The summed E-state index contributed by atoms with van der Waals surface area (Å²) in [6.45, 7) is 9.35. The lowest BCUT2D eigenvalue weighted by molar-refractivity contribution is 0.0940. The molecule has 0 atom stereocenters. The van der Waals surface area contributed by atoms with E-state index in [4.69, 9.17) is 10.7 Å². The van der Waals surface area contributed by atoms with Crippen LogP contribution in [-0.4, -0.2) is 25.4 Å². The molecule has 21 heavy (non-hydrogen) atoms. The zero-order valence-electron chi connectivity index (χ0n) is 12.9. The fourth-order valence-corrected chi connectivity index (χ4v) is 2.63. The van der Waals surface area contributed by atoms with Crippen LogP contribution in [-0.2, 0) is 15.6 Å². The third-order valence-corrected chi connectivity index (χ3v) is 4.33. The van der Waals surface area contributed by atoms with Crippen LogP contribution < -0.4 is 5.32 Å². The van der Waals surface area contributed by atoms with Crippen molar-refractivity contribution in [3.8, 4) is 0 Å². The highest BCUT2D eigenvalue weighted by atomic mass is 35.7. The molecule has 0 unspecified atom stereocenters. The van der Waals surface area contributed by atoms with Crippen molar-refractivity contribution < 1.29 is 13.2 Å². The molecule has 1 amide bonds. The van der Waals surface area contributed by atoms with Gasteiger partial charge in [-0.05, 0) is 24.3 Å². The summed E-state index contributed by atoms with van der Waals surface area (Å²) < 4.78 is 24.4. The number of hydrogen-bond donors (Lipinski definition) is 1. The van der Waals surface area contributed by atoms with Crippen LogP contribution in [0.4, 0.5) is 0 Å². The maximum Gasteiger partial charge on any atom is 0.267 e. The number of aryl methyl sites for hydroxylation is 1. The van der Waals surface area contributed by atoms with Gasteiger partial charge in [0.05, 0.1) is 0 Å². The smallest absolute Gasteiger partial charge is 0.267 e. The minimum atomic E-state index is -3.83. The van der Waals surface area contributed by atoms with Gasteiger partial charge in [-0.25, -0.2) is 8.42 Å². The molecule has 0 aliphatic rings. The van der Waals surface area contributed by atoms with E-state index in [-0.39, 0.29) is 16.2 Å². The molecule has 0 saturated heterocycles. The van der Waals surface area contributed by atoms with Crippen molar-refractivity contribution in [2.45, 2.75) is 52.0 Å². The number of carbonyl (C=O) groups is 1. The molecule has 1 N–H and O–H groups in total. The number of amides is 1. The Bertz CT molecular complexity index is 600. The highest BCUT2D eigenvalue weighted by Gasteiger charge is 2.20. The van der Waals surface area contributed by atoms with Crippen molar-refractivity contribution in [3.05, 3.63) is 18.0 Å². The Kier molecular flexibility index (Phi) is 5.87. The summed E-state index contributed by atoms with van der Waals surface area (Å²) in [4.78, 5) is 12.2. The van der Waals surface area contributed by atoms with Gasteiger partial charge in [0.25, 0.3) is 15.0 Å². The van der Waals surface area contributed by atoms with Crippen LogP contribution in [0, 0.1) is 5.41 Å². The second kappa shape index (κ2) is 6.83. The largest absolute Gasteiger partial charge is 0.351 e. The van der Waals surface area contributed by atoms with Crippen molar-refractivity contribution in [2.24, 2.45) is 5.41 Å². The van der Waals surface area contributed by atoms with E-state index in [9.17, 15) is 13.2 Å². The molecule has 1 rings (SSSR count). The van der Waals surface area contributed by atoms with Gasteiger partial charge in [0.1, 0.15) is 10.6 Å². The molecule has 1 aromatic rings. The Hall–Kier alpha value is -1.01. The third kappa shape index (κ3) is 5.71. The van der Waals surface area contributed by atoms with Gasteiger partial charge in [-0.3, -0.25) is 4.79 Å². The second-order valence-electron chi connectivity index (χ2n) is 6.26. The molecular weight excluding hydrogens is 312 g/mol. The highest BCUT2D eigenvalue weighted by molar-refractivity contribution is 8.13. The van der Waals surface area contributed by atoms with Gasteiger partial charge in [-0.2, -0.15) is 0 Å². The van der Waals surface area contributed by atoms with Gasteiger partial charge in [-0.15, -0.1) is 0 Å². The van der Waals surface area contributed by atoms with Gasteiger partial charge < -0.3 is 9.88 Å². The first-order chi connectivity index (χ1) is 9.54. The number of carbonyl (C=O) groups excluding carboxylic acids is 1. The van der Waals surface area contributed by atoms with Crippen LogP contribution in [0.25, 0.3) is 0 Å². The van der Waals surface area contributed by atoms with Crippen molar-refractivity contribution in [2.75, 3.05) is 6.54 Å². The van der Waals surface area contributed by atoms with Crippen LogP contribution in [0.1, 0.15) is 51.0 Å². The summed E-state index contributed by atoms with van der Waals surface area (Å²) in [7, 11) is 1.51. The fraction of sp³-hybridized carbons (Fsp3) is 0.643. The Morgan fingerprint density at radius 3 is 2.48 bits per heavy atom. The van der Waals surface area contributed by atoms with Gasteiger partial charge >= 0.3 is 0 Å². The summed E-state index contributed by atoms with van der Waals surface area (Å²) in [6.07, 6.45) is 3.04. The Morgan fingerprint density at radius 1 is 1.38 bits per heavy atom. The lowest BCUT2D eigenvalue weighted by atomic mass is 9.92. The zero-order valence-corrected chi connectivity index (χ0v) is 14.5. The van der Waals surface area contributed by atoms with Gasteiger partial charge in [0.15, 0.2) is 0 Å². The molecule has 1 heterocycles. The molecule has 0 aliphatic heterocycles. The SMILES string of the molecule is CCCn1cc(S(=O)(=O)Cl)cc1C(=O)NCCC(C)(C)C. The number of aromatic nitrogens is 1. The van der Waals surface area contributed by atoms with Crippen molar-refractivity contribution in [1.29, 1.82) is 0 Å². The van der Waals surface area contributed by atoms with Gasteiger partial charge in [0.2, 0.25) is 0 Å². The minimum Gasteiger partial charge on any atom is -0.351 e. The van der Waals surface area contributed by atoms with E-state index >= 15 is 0 Å². The predicted molar refractivity (Wildman–Crippen MR) is 84.2 cm³/mol. The molecule has 0 fully saturated rings. The first-order valence-corrected chi connectivity index (χ1v) is 9.28. The van der Waals surface area contributed by atoms with E-state index in [1.165, 1.54) is 12.3 Å². The highest BCUT2D eigenvalue weighted by Crippen LogP contribution is 2.20. The zero-order chi connectivity index (χ0) is 16.3. The lowest BCUT2D eigenvalue weighted by Crippen LogP contribution is -2.29. The molecule has 0 aromatic carbocycles. The molecule has 0 radical (unpaired) electrons. The summed E-state index contributed by atoms with van der Waals surface area (Å²) >= 11 is 0. The van der Waals surface area contributed by atoms with Crippen LogP contribution in [0.5, 0.6) is 0 Å². The maximum absolute atomic E-state index is 12.2. The number of hydrogen-bond acceptors (Lipinski definition) is 3. The average molecular weight is 335 g/mol. The average Bonchev–Trinajstić information content (AvgIpc) is 2.71. The molecular formula is C14H23ClN2O3S. The molecule has 0 saturated carbocycles. The summed E-state index contributed by atoms with van der Waals surface area (Å²) in [5.74, 6) is -0.278. The van der Waals surface area contributed by atoms with E-state index in [1.807, 2.05) is 6.92 Å². The monoisotopic (exact) mass is 334 g/mol. The summed E-state index contributed by atoms with van der Waals surface area (Å²) in [6, 6.07) is 1.32. The number of rotatable bonds is 6. The molecule has 1 aromatic heterocycles. The number of nitrogens with one attached hydrogen (secondary N) is 1. The summed E-state index contributed by atoms with van der Waals surface area (Å²) in [5, 5.41) is 2.82. The summed E-state index contributed by atoms with van der Waals surface area (Å²) in [5.41, 5.74) is 0.452. The number of halogens is 1. The van der Waals surface area contributed by atoms with E-state index in [2.05, 4.69) is 26.1 Å². The maximum atomic E-state index is 12.2. The van der Waals surface area contributed by atoms with E-state index in [1.54, 1.807) is 4.57 Å². The Labute approximate surface area is 131 Å². The van der Waals surface area contributed by atoms with Gasteiger partial charge in [0, 0.05) is 30.0 Å². The normalized spacial score (nSPS) is 12.4. The predicted octanol–water partition coefficient (Wildman–Crippen LogP) is 2.99. The van der Waals surface area contributed by atoms with E-state index < -0.39 is 9.05 Å². The minimum absolute atomic E-state index is 0.0430. The molecule has 0 spiro atoms. The molecule has 0 aliphatic carbocycles. The van der Waals surface area contributed by atoms with Crippen LogP contribution >= 0.6 is 10.7 Å². The lowest BCUT2D eigenvalue weighted by Gasteiger charge is -2.18.